The number of benzene rings is 1. The molecule has 0 heterocycles. The van der Waals surface area contributed by atoms with Gasteiger partial charge in [0.25, 0.3) is 5.69 Å². The smallest absolute Gasteiger partial charge is 0.322 e. The van der Waals surface area contributed by atoms with Crippen LogP contribution in [0, 0.1) is 10.1 Å². The number of hydrogen-bond donors (Lipinski definition) is 3. The Bertz CT molecular complexity index is 607. The third kappa shape index (κ3) is 4.60. The van der Waals surface area contributed by atoms with Crippen molar-refractivity contribution in [1.82, 2.24) is 0 Å². The fourth-order valence-electron chi connectivity index (χ4n) is 1.75. The first kappa shape index (κ1) is 18.2. The van der Waals surface area contributed by atoms with Crippen molar-refractivity contribution in [1.29, 1.82) is 0 Å². The molecule has 0 aliphatic carbocycles. The normalized spacial score (nSPS) is 16.4. The molecule has 0 amide bonds. The second-order valence-corrected chi connectivity index (χ2v) is 7.07. The zero-order valence-electron chi connectivity index (χ0n) is 11.8. The van der Waals surface area contributed by atoms with Gasteiger partial charge in [0, 0.05) is 18.3 Å². The Kier molecular flexibility index (Phi) is 6.19. The number of nitro groups is 1. The topological polar surface area (TPSA) is 153 Å². The summed E-state index contributed by atoms with van der Waals surface area (Å²) >= 11 is 0. The van der Waals surface area contributed by atoms with Gasteiger partial charge in [-0.3, -0.25) is 19.5 Å². The van der Waals surface area contributed by atoms with E-state index in [9.17, 15) is 29.5 Å². The molecule has 4 N–H and O–H groups in total. The first-order chi connectivity index (χ1) is 10.2. The number of nitrogens with zero attached hydrogens (tertiary/aromatic N) is 1. The van der Waals surface area contributed by atoms with Crippen LogP contribution in [0.5, 0.6) is 0 Å². The first-order valence-corrected chi connectivity index (χ1v) is 8.17. The van der Waals surface area contributed by atoms with Crippen molar-refractivity contribution in [3.8, 4) is 0 Å². The maximum absolute atomic E-state index is 12.1. The molecule has 1 aromatic carbocycles. The van der Waals surface area contributed by atoms with E-state index in [1.807, 2.05) is 0 Å². The minimum Gasteiger partial charge on any atom is -0.468 e. The monoisotopic (exact) mass is 332 g/mol. The van der Waals surface area contributed by atoms with Crippen molar-refractivity contribution < 1.29 is 29.0 Å². The van der Waals surface area contributed by atoms with Crippen LogP contribution in [0.25, 0.3) is 0 Å². The number of nitrogens with two attached hydrogens (primary N) is 1. The number of aliphatic hydroxyl groups is 1. The van der Waals surface area contributed by atoms with Crippen LogP contribution < -0.4 is 5.73 Å². The summed E-state index contributed by atoms with van der Waals surface area (Å²) in [4.78, 5) is 31.0. The summed E-state index contributed by atoms with van der Waals surface area (Å²) in [6, 6.07) is 3.75. The lowest BCUT2D eigenvalue weighted by atomic mass is 10.2. The van der Waals surface area contributed by atoms with Crippen LogP contribution in [-0.2, 0) is 14.1 Å². The SMILES string of the molecule is COC(=O)[C@@H](N)CCP(=O)(O)[C@H](O)c1cccc([N+](=O)[O-])c1. The highest BCUT2D eigenvalue weighted by molar-refractivity contribution is 7.58. The highest BCUT2D eigenvalue weighted by Gasteiger charge is 2.32. The fourth-order valence-corrected chi connectivity index (χ4v) is 3.27. The van der Waals surface area contributed by atoms with E-state index in [0.29, 0.717) is 0 Å². The number of non-ortho nitro benzene ring substituents is 1. The summed E-state index contributed by atoms with van der Waals surface area (Å²) in [5.74, 6) is -2.53. The van der Waals surface area contributed by atoms with Crippen LogP contribution >= 0.6 is 7.37 Å². The van der Waals surface area contributed by atoms with Gasteiger partial charge in [0.1, 0.15) is 6.04 Å². The van der Waals surface area contributed by atoms with E-state index in [4.69, 9.17) is 5.73 Å². The Labute approximate surface area is 126 Å². The van der Waals surface area contributed by atoms with Crippen molar-refractivity contribution in [2.75, 3.05) is 13.3 Å². The highest BCUT2D eigenvalue weighted by atomic mass is 31.2. The molecule has 0 radical (unpaired) electrons. The molecule has 0 aliphatic rings. The van der Waals surface area contributed by atoms with Crippen molar-refractivity contribution in [3.63, 3.8) is 0 Å². The third-order valence-electron chi connectivity index (χ3n) is 3.03. The van der Waals surface area contributed by atoms with Crippen LogP contribution in [0.4, 0.5) is 5.69 Å². The molecule has 0 aromatic heterocycles. The summed E-state index contributed by atoms with van der Waals surface area (Å²) in [5, 5.41) is 20.6. The number of aliphatic hydroxyl groups excluding tert-OH is 1. The minimum absolute atomic E-state index is 0.0494. The zero-order valence-corrected chi connectivity index (χ0v) is 12.7. The molecule has 122 valence electrons. The van der Waals surface area contributed by atoms with Gasteiger partial charge < -0.3 is 20.5 Å². The van der Waals surface area contributed by atoms with Gasteiger partial charge in [-0.2, -0.15) is 0 Å². The van der Waals surface area contributed by atoms with Crippen molar-refractivity contribution in [2.24, 2.45) is 5.73 Å². The standard InChI is InChI=1S/C12H17N2O7P/c1-21-11(15)10(13)5-6-22(19,20)12(16)8-3-2-4-9(7-8)14(17)18/h2-4,7,10,12,16H,5-6,13H2,1H3,(H,19,20)/t10-,12-/m0/s1. The molecule has 0 saturated carbocycles. The van der Waals surface area contributed by atoms with E-state index in [1.165, 1.54) is 18.2 Å². The summed E-state index contributed by atoms with van der Waals surface area (Å²) in [5.41, 5.74) is 5.11. The van der Waals surface area contributed by atoms with Gasteiger partial charge >= 0.3 is 5.97 Å². The molecule has 0 spiro atoms. The van der Waals surface area contributed by atoms with Gasteiger partial charge in [-0.05, 0) is 12.0 Å². The lowest BCUT2D eigenvalue weighted by Crippen LogP contribution is -2.32. The Morgan fingerprint density at radius 1 is 1.55 bits per heavy atom. The van der Waals surface area contributed by atoms with E-state index in [-0.39, 0.29) is 17.7 Å². The average Bonchev–Trinajstić information content (AvgIpc) is 2.51. The highest BCUT2D eigenvalue weighted by Crippen LogP contribution is 2.54. The molecule has 0 bridgehead atoms. The number of carbonyl (C=O) groups is 1. The average molecular weight is 332 g/mol. The van der Waals surface area contributed by atoms with Crippen LogP contribution in [0.1, 0.15) is 17.8 Å². The molecule has 0 fully saturated rings. The molecule has 9 nitrogen and oxygen atoms in total. The molecule has 22 heavy (non-hydrogen) atoms. The van der Waals surface area contributed by atoms with Crippen LogP contribution in [-0.4, -0.2) is 40.2 Å². The van der Waals surface area contributed by atoms with Crippen LogP contribution in [0.3, 0.4) is 0 Å². The molecular weight excluding hydrogens is 315 g/mol. The summed E-state index contributed by atoms with van der Waals surface area (Å²) in [6.07, 6.45) is -0.584. The predicted molar refractivity (Wildman–Crippen MR) is 77.4 cm³/mol. The van der Waals surface area contributed by atoms with Crippen molar-refractivity contribution in [3.05, 3.63) is 39.9 Å². The predicted octanol–water partition coefficient (Wildman–Crippen LogP) is 0.746. The van der Waals surface area contributed by atoms with E-state index in [0.717, 1.165) is 13.2 Å². The van der Waals surface area contributed by atoms with E-state index < -0.39 is 36.3 Å². The molecule has 1 unspecified atom stereocenters. The largest absolute Gasteiger partial charge is 0.468 e. The van der Waals surface area contributed by atoms with Gasteiger partial charge in [0.05, 0.1) is 12.0 Å². The summed E-state index contributed by atoms with van der Waals surface area (Å²) < 4.78 is 16.5. The number of methoxy groups -OCH3 is 1. The Morgan fingerprint density at radius 3 is 2.73 bits per heavy atom. The quantitative estimate of drug-likeness (QED) is 0.286. The number of rotatable bonds is 7. The molecule has 3 atom stereocenters. The number of hydrogen-bond acceptors (Lipinski definition) is 7. The minimum atomic E-state index is -4.11. The number of ether oxygens (including phenoxy) is 1. The second kappa shape index (κ2) is 7.46. The van der Waals surface area contributed by atoms with Gasteiger partial charge in [-0.15, -0.1) is 0 Å². The maximum atomic E-state index is 12.1. The van der Waals surface area contributed by atoms with Crippen molar-refractivity contribution in [2.45, 2.75) is 18.3 Å². The Morgan fingerprint density at radius 2 is 2.18 bits per heavy atom. The van der Waals surface area contributed by atoms with Crippen LogP contribution in [0.2, 0.25) is 0 Å². The lowest BCUT2D eigenvalue weighted by molar-refractivity contribution is -0.384. The van der Waals surface area contributed by atoms with Gasteiger partial charge in [0.15, 0.2) is 5.85 Å². The molecular formula is C12H17N2O7P. The summed E-state index contributed by atoms with van der Waals surface area (Å²) in [6.45, 7) is 0. The third-order valence-corrected chi connectivity index (χ3v) is 4.99. The molecule has 0 saturated heterocycles. The van der Waals surface area contributed by atoms with Crippen LogP contribution in [0.15, 0.2) is 24.3 Å². The van der Waals surface area contributed by atoms with Gasteiger partial charge in [-0.25, -0.2) is 0 Å². The fraction of sp³-hybridized carbons (Fsp3) is 0.417. The van der Waals surface area contributed by atoms with Gasteiger partial charge in [-0.1, -0.05) is 12.1 Å². The zero-order chi connectivity index (χ0) is 16.9. The molecule has 0 aliphatic heterocycles. The number of esters is 1. The second-order valence-electron chi connectivity index (χ2n) is 4.62. The van der Waals surface area contributed by atoms with E-state index in [1.54, 1.807) is 0 Å². The number of carbonyl (C=O) groups excluding carboxylic acids is 1. The van der Waals surface area contributed by atoms with E-state index >= 15 is 0 Å². The Balaban J connectivity index is 2.84. The molecule has 10 heteroatoms. The number of nitro benzene ring substituents is 1. The Hall–Kier alpha value is -1.80. The molecule has 1 rings (SSSR count). The first-order valence-electron chi connectivity index (χ1n) is 6.26. The maximum Gasteiger partial charge on any atom is 0.322 e. The van der Waals surface area contributed by atoms with Crippen molar-refractivity contribution >= 4 is 19.0 Å². The van der Waals surface area contributed by atoms with Gasteiger partial charge in [0.2, 0.25) is 7.37 Å². The lowest BCUT2D eigenvalue weighted by Gasteiger charge is -2.19. The summed E-state index contributed by atoms with van der Waals surface area (Å²) in [7, 11) is -2.98. The molecule has 1 aromatic rings. The van der Waals surface area contributed by atoms with E-state index in [2.05, 4.69) is 4.74 Å².